The SMILES string of the molecule is CC(Cc1cccs1)Nc1cc(Cl)ncn1. The van der Waals surface area contributed by atoms with Gasteiger partial charge in [0.05, 0.1) is 0 Å². The van der Waals surface area contributed by atoms with E-state index in [2.05, 4.69) is 39.7 Å². The van der Waals surface area contributed by atoms with Gasteiger partial charge in [-0.3, -0.25) is 0 Å². The molecule has 1 N–H and O–H groups in total. The zero-order valence-corrected chi connectivity index (χ0v) is 10.4. The Kier molecular flexibility index (Phi) is 3.74. The first-order valence-corrected chi connectivity index (χ1v) is 6.26. The maximum absolute atomic E-state index is 5.78. The smallest absolute Gasteiger partial charge is 0.134 e. The number of thiophene rings is 1. The van der Waals surface area contributed by atoms with Gasteiger partial charge in [0.25, 0.3) is 0 Å². The third-order valence-corrected chi connectivity index (χ3v) is 3.22. The van der Waals surface area contributed by atoms with Crippen molar-refractivity contribution < 1.29 is 0 Å². The Hall–Kier alpha value is -1.13. The zero-order chi connectivity index (χ0) is 11.4. The van der Waals surface area contributed by atoms with Crippen LogP contribution in [0, 0.1) is 0 Å². The Morgan fingerprint density at radius 2 is 2.38 bits per heavy atom. The average Bonchev–Trinajstić information content (AvgIpc) is 2.70. The molecule has 0 fully saturated rings. The quantitative estimate of drug-likeness (QED) is 0.850. The van der Waals surface area contributed by atoms with E-state index in [1.54, 1.807) is 17.4 Å². The summed E-state index contributed by atoms with van der Waals surface area (Å²) < 4.78 is 0. The molecule has 2 rings (SSSR count). The van der Waals surface area contributed by atoms with Gasteiger partial charge in [0.1, 0.15) is 17.3 Å². The first-order valence-electron chi connectivity index (χ1n) is 5.00. The fraction of sp³-hybridized carbons (Fsp3) is 0.273. The van der Waals surface area contributed by atoms with Gasteiger partial charge in [0.15, 0.2) is 0 Å². The van der Waals surface area contributed by atoms with Crippen molar-refractivity contribution in [2.45, 2.75) is 19.4 Å². The molecule has 0 saturated heterocycles. The van der Waals surface area contributed by atoms with Gasteiger partial charge in [0, 0.05) is 23.4 Å². The number of nitrogens with zero attached hydrogens (tertiary/aromatic N) is 2. The van der Waals surface area contributed by atoms with Crippen LogP contribution in [-0.4, -0.2) is 16.0 Å². The van der Waals surface area contributed by atoms with E-state index >= 15 is 0 Å². The zero-order valence-electron chi connectivity index (χ0n) is 8.85. The molecule has 0 spiro atoms. The lowest BCUT2D eigenvalue weighted by Gasteiger charge is -2.13. The standard InChI is InChI=1S/C11H12ClN3S/c1-8(5-9-3-2-4-16-9)15-11-6-10(12)13-7-14-11/h2-4,6-8H,5H2,1H3,(H,13,14,15). The number of hydrogen-bond acceptors (Lipinski definition) is 4. The van der Waals surface area contributed by atoms with Crippen LogP contribution in [-0.2, 0) is 6.42 Å². The Morgan fingerprint density at radius 1 is 1.50 bits per heavy atom. The van der Waals surface area contributed by atoms with E-state index in [0.717, 1.165) is 12.2 Å². The van der Waals surface area contributed by atoms with Gasteiger partial charge in [-0.2, -0.15) is 0 Å². The van der Waals surface area contributed by atoms with Crippen LogP contribution in [0.15, 0.2) is 29.9 Å². The third kappa shape index (κ3) is 3.18. The maximum atomic E-state index is 5.78. The van der Waals surface area contributed by atoms with Gasteiger partial charge >= 0.3 is 0 Å². The summed E-state index contributed by atoms with van der Waals surface area (Å²) in [5.74, 6) is 0.768. The minimum Gasteiger partial charge on any atom is -0.367 e. The fourth-order valence-corrected chi connectivity index (χ4v) is 2.43. The van der Waals surface area contributed by atoms with Gasteiger partial charge in [-0.05, 0) is 18.4 Å². The number of rotatable bonds is 4. The first-order chi connectivity index (χ1) is 7.74. The highest BCUT2D eigenvalue weighted by Crippen LogP contribution is 2.14. The number of hydrogen-bond donors (Lipinski definition) is 1. The topological polar surface area (TPSA) is 37.8 Å². The number of anilines is 1. The van der Waals surface area contributed by atoms with Crippen molar-refractivity contribution in [2.24, 2.45) is 0 Å². The van der Waals surface area contributed by atoms with Gasteiger partial charge in [-0.1, -0.05) is 17.7 Å². The van der Waals surface area contributed by atoms with Crippen LogP contribution < -0.4 is 5.32 Å². The molecule has 0 aliphatic rings. The van der Waals surface area contributed by atoms with Crippen molar-refractivity contribution in [3.05, 3.63) is 39.9 Å². The molecule has 2 aromatic rings. The molecule has 1 atom stereocenters. The van der Waals surface area contributed by atoms with Gasteiger partial charge in [-0.15, -0.1) is 11.3 Å². The minimum absolute atomic E-state index is 0.324. The van der Waals surface area contributed by atoms with Crippen LogP contribution in [0.2, 0.25) is 5.15 Å². The summed E-state index contributed by atoms with van der Waals surface area (Å²) in [4.78, 5) is 9.31. The van der Waals surface area contributed by atoms with E-state index in [1.807, 2.05) is 0 Å². The molecular weight excluding hydrogens is 242 g/mol. The molecule has 3 nitrogen and oxygen atoms in total. The van der Waals surface area contributed by atoms with Crippen molar-refractivity contribution >= 4 is 28.8 Å². The van der Waals surface area contributed by atoms with E-state index in [4.69, 9.17) is 11.6 Å². The Balaban J connectivity index is 1.94. The lowest BCUT2D eigenvalue weighted by Crippen LogP contribution is -2.18. The Labute approximate surface area is 104 Å². The molecule has 0 aliphatic carbocycles. The van der Waals surface area contributed by atoms with Crippen molar-refractivity contribution in [1.82, 2.24) is 9.97 Å². The highest BCUT2D eigenvalue weighted by atomic mass is 35.5. The molecule has 84 valence electrons. The summed E-state index contributed by atoms with van der Waals surface area (Å²) in [6, 6.07) is 6.25. The maximum Gasteiger partial charge on any atom is 0.134 e. The molecule has 0 bridgehead atoms. The number of aromatic nitrogens is 2. The molecular formula is C11H12ClN3S. The molecule has 2 heterocycles. The second-order valence-electron chi connectivity index (χ2n) is 3.55. The van der Waals surface area contributed by atoms with Crippen LogP contribution in [0.4, 0.5) is 5.82 Å². The largest absolute Gasteiger partial charge is 0.367 e. The summed E-state index contributed by atoms with van der Waals surface area (Å²) >= 11 is 7.55. The molecule has 5 heteroatoms. The minimum atomic E-state index is 0.324. The van der Waals surface area contributed by atoms with E-state index in [9.17, 15) is 0 Å². The molecule has 0 aliphatic heterocycles. The molecule has 16 heavy (non-hydrogen) atoms. The van der Waals surface area contributed by atoms with E-state index in [1.165, 1.54) is 11.2 Å². The predicted octanol–water partition coefficient (Wildman–Crippen LogP) is 3.23. The number of nitrogens with one attached hydrogen (secondary N) is 1. The molecule has 0 aromatic carbocycles. The second kappa shape index (κ2) is 5.27. The molecule has 0 saturated carbocycles. The molecule has 0 radical (unpaired) electrons. The van der Waals surface area contributed by atoms with Crippen LogP contribution in [0.3, 0.4) is 0 Å². The van der Waals surface area contributed by atoms with Crippen molar-refractivity contribution in [3.63, 3.8) is 0 Å². The van der Waals surface area contributed by atoms with Crippen LogP contribution in [0.25, 0.3) is 0 Å². The van der Waals surface area contributed by atoms with Gasteiger partial charge in [-0.25, -0.2) is 9.97 Å². The van der Waals surface area contributed by atoms with E-state index in [-0.39, 0.29) is 0 Å². The van der Waals surface area contributed by atoms with E-state index < -0.39 is 0 Å². The average molecular weight is 254 g/mol. The highest BCUT2D eigenvalue weighted by Gasteiger charge is 2.05. The van der Waals surface area contributed by atoms with Crippen molar-refractivity contribution in [1.29, 1.82) is 0 Å². The predicted molar refractivity (Wildman–Crippen MR) is 68.1 cm³/mol. The Morgan fingerprint density at radius 3 is 3.06 bits per heavy atom. The van der Waals surface area contributed by atoms with Crippen LogP contribution in [0.1, 0.15) is 11.8 Å². The molecule has 1 unspecified atom stereocenters. The summed E-state index contributed by atoms with van der Waals surface area (Å²) in [7, 11) is 0. The lowest BCUT2D eigenvalue weighted by molar-refractivity contribution is 0.793. The molecule has 0 amide bonds. The summed E-state index contributed by atoms with van der Waals surface area (Å²) in [6.45, 7) is 2.12. The summed E-state index contributed by atoms with van der Waals surface area (Å²) in [5.41, 5.74) is 0. The van der Waals surface area contributed by atoms with Gasteiger partial charge in [0.2, 0.25) is 0 Å². The lowest BCUT2D eigenvalue weighted by atomic mass is 10.2. The normalized spacial score (nSPS) is 12.4. The monoisotopic (exact) mass is 253 g/mol. The van der Waals surface area contributed by atoms with Crippen molar-refractivity contribution in [3.8, 4) is 0 Å². The second-order valence-corrected chi connectivity index (χ2v) is 4.97. The van der Waals surface area contributed by atoms with E-state index in [0.29, 0.717) is 11.2 Å². The van der Waals surface area contributed by atoms with Crippen LogP contribution in [0.5, 0.6) is 0 Å². The van der Waals surface area contributed by atoms with Crippen LogP contribution >= 0.6 is 22.9 Å². The third-order valence-electron chi connectivity index (χ3n) is 2.12. The summed E-state index contributed by atoms with van der Waals surface area (Å²) in [6.07, 6.45) is 2.45. The molecule has 2 aromatic heterocycles. The highest BCUT2D eigenvalue weighted by molar-refractivity contribution is 7.09. The first kappa shape index (κ1) is 11.4. The fourth-order valence-electron chi connectivity index (χ4n) is 1.45. The summed E-state index contributed by atoms with van der Waals surface area (Å²) in [5, 5.41) is 5.84. The number of halogens is 1. The van der Waals surface area contributed by atoms with Gasteiger partial charge < -0.3 is 5.32 Å². The Bertz CT molecular complexity index is 444. The van der Waals surface area contributed by atoms with Crippen molar-refractivity contribution in [2.75, 3.05) is 5.32 Å².